The van der Waals surface area contributed by atoms with Crippen LogP contribution in [0.3, 0.4) is 0 Å². The van der Waals surface area contributed by atoms with E-state index in [9.17, 15) is 19.1 Å². The Hall–Kier alpha value is -2.64. The summed E-state index contributed by atoms with van der Waals surface area (Å²) in [5, 5.41) is 19.4. The van der Waals surface area contributed by atoms with Crippen molar-refractivity contribution >= 4 is 17.5 Å². The summed E-state index contributed by atoms with van der Waals surface area (Å²) in [6.45, 7) is 0. The molecule has 0 radical (unpaired) electrons. The molecule has 0 bridgehead atoms. The lowest BCUT2D eigenvalue weighted by molar-refractivity contribution is -0.122. The lowest BCUT2D eigenvalue weighted by Gasteiger charge is -2.27. The Kier molecular flexibility index (Phi) is 4.14. The number of hydrogen-bond donors (Lipinski definition) is 2. The zero-order valence-corrected chi connectivity index (χ0v) is 12.1. The van der Waals surface area contributed by atoms with Crippen LogP contribution < -0.4 is 5.32 Å². The zero-order chi connectivity index (χ0) is 16.4. The highest BCUT2D eigenvalue weighted by Crippen LogP contribution is 2.44. The van der Waals surface area contributed by atoms with Crippen LogP contribution in [0.2, 0.25) is 0 Å². The highest BCUT2D eigenvalue weighted by molar-refractivity contribution is 6.01. The first kappa shape index (κ1) is 15.3. The summed E-state index contributed by atoms with van der Waals surface area (Å²) in [4.78, 5) is 27.7. The smallest absolute Gasteiger partial charge is 0.364 e. The molecule has 3 unspecified atom stereocenters. The second-order valence-corrected chi connectivity index (χ2v) is 5.55. The summed E-state index contributed by atoms with van der Waals surface area (Å²) >= 11 is 0. The van der Waals surface area contributed by atoms with Crippen molar-refractivity contribution in [2.24, 2.45) is 22.1 Å². The number of carbonyl (C=O) groups excluding carboxylic acids is 2. The normalized spacial score (nSPS) is 27.3. The molecule has 8 heteroatoms. The summed E-state index contributed by atoms with van der Waals surface area (Å²) in [6, 6.07) is 2.44. The number of Topliss-reactive ketones (excluding diaryl/α,β-unsaturated/α-hetero) is 1. The standard InChI is InChI=1S/C15H15FN4O3/c16-10-5-1-4-9-11(10)14(22)12(13(9)21)19-20-15(23)18-8-3-2-6-17-7-8/h2-3,6-7,9-11,21H,1,4-5H2,(H,18,23). The minimum absolute atomic E-state index is 0.264. The Morgan fingerprint density at radius 2 is 2.26 bits per heavy atom. The van der Waals surface area contributed by atoms with Gasteiger partial charge in [0.1, 0.15) is 11.9 Å². The van der Waals surface area contributed by atoms with Crippen molar-refractivity contribution in [3.05, 3.63) is 36.0 Å². The van der Waals surface area contributed by atoms with Crippen molar-refractivity contribution in [1.29, 1.82) is 0 Å². The third-order valence-corrected chi connectivity index (χ3v) is 4.10. The number of aliphatic hydroxyl groups excluding tert-OH is 1. The van der Waals surface area contributed by atoms with E-state index in [0.717, 1.165) is 0 Å². The van der Waals surface area contributed by atoms with Gasteiger partial charge in [-0.05, 0) is 31.4 Å². The maximum Gasteiger partial charge on any atom is 0.364 e. The third kappa shape index (κ3) is 2.96. The fraction of sp³-hybridized carbons (Fsp3) is 0.400. The van der Waals surface area contributed by atoms with E-state index < -0.39 is 29.8 Å². The molecule has 0 spiro atoms. The predicted molar refractivity (Wildman–Crippen MR) is 78.5 cm³/mol. The summed E-state index contributed by atoms with van der Waals surface area (Å²) in [6.07, 6.45) is 3.11. The summed E-state index contributed by atoms with van der Waals surface area (Å²) in [5.41, 5.74) is 0.107. The summed E-state index contributed by atoms with van der Waals surface area (Å²) in [7, 11) is 0. The van der Waals surface area contributed by atoms with Crippen molar-refractivity contribution in [3.63, 3.8) is 0 Å². The first-order chi connectivity index (χ1) is 11.1. The van der Waals surface area contributed by atoms with Gasteiger partial charge in [-0.2, -0.15) is 0 Å². The summed E-state index contributed by atoms with van der Waals surface area (Å²) in [5.74, 6) is -2.31. The maximum absolute atomic E-state index is 13.9. The van der Waals surface area contributed by atoms with Gasteiger partial charge >= 0.3 is 6.03 Å². The van der Waals surface area contributed by atoms with E-state index in [1.807, 2.05) is 0 Å². The van der Waals surface area contributed by atoms with Gasteiger partial charge in [0, 0.05) is 12.1 Å². The molecule has 120 valence electrons. The lowest BCUT2D eigenvalue weighted by atomic mass is 9.79. The van der Waals surface area contributed by atoms with Crippen LogP contribution in [-0.4, -0.2) is 28.1 Å². The molecule has 2 aliphatic carbocycles. The molecule has 3 rings (SSSR count). The number of azo groups is 1. The SMILES string of the molecule is O=C(N=NC1=C(O)C2CCCC(F)C2C1=O)Nc1cccnc1. The van der Waals surface area contributed by atoms with E-state index in [-0.39, 0.29) is 11.5 Å². The first-order valence-corrected chi connectivity index (χ1v) is 7.32. The third-order valence-electron chi connectivity index (χ3n) is 4.10. The number of carbonyl (C=O) groups is 2. The number of urea groups is 1. The minimum atomic E-state index is -1.29. The van der Waals surface area contributed by atoms with Crippen LogP contribution in [0.25, 0.3) is 0 Å². The van der Waals surface area contributed by atoms with Crippen molar-refractivity contribution in [3.8, 4) is 0 Å². The lowest BCUT2D eigenvalue weighted by Crippen LogP contribution is -2.32. The number of amides is 2. The topological polar surface area (TPSA) is 104 Å². The molecule has 1 aromatic rings. The molecular formula is C15H15FN4O3. The maximum atomic E-state index is 13.9. The number of alkyl halides is 1. The molecule has 2 aliphatic rings. The molecule has 2 N–H and O–H groups in total. The van der Waals surface area contributed by atoms with Crippen LogP contribution >= 0.6 is 0 Å². The second-order valence-electron chi connectivity index (χ2n) is 5.55. The van der Waals surface area contributed by atoms with Gasteiger partial charge in [0.25, 0.3) is 0 Å². The number of allylic oxidation sites excluding steroid dienone is 2. The fourth-order valence-corrected chi connectivity index (χ4v) is 3.04. The van der Waals surface area contributed by atoms with Crippen LogP contribution in [0, 0.1) is 11.8 Å². The number of fused-ring (bicyclic) bond motifs is 1. The number of anilines is 1. The Balaban J connectivity index is 1.72. The van der Waals surface area contributed by atoms with E-state index >= 15 is 0 Å². The van der Waals surface area contributed by atoms with Gasteiger partial charge in [-0.1, -0.05) is 5.11 Å². The monoisotopic (exact) mass is 318 g/mol. The first-order valence-electron chi connectivity index (χ1n) is 7.32. The van der Waals surface area contributed by atoms with Gasteiger partial charge in [-0.15, -0.1) is 5.11 Å². The van der Waals surface area contributed by atoms with Gasteiger partial charge in [0.05, 0.1) is 17.8 Å². The number of nitrogens with zero attached hydrogens (tertiary/aromatic N) is 3. The number of ketones is 1. The van der Waals surface area contributed by atoms with Crippen molar-refractivity contribution in [2.75, 3.05) is 5.32 Å². The highest BCUT2D eigenvalue weighted by Gasteiger charge is 2.48. The molecule has 1 saturated carbocycles. The molecule has 7 nitrogen and oxygen atoms in total. The van der Waals surface area contributed by atoms with Gasteiger partial charge in [-0.3, -0.25) is 9.78 Å². The van der Waals surface area contributed by atoms with Crippen LogP contribution in [0.5, 0.6) is 0 Å². The minimum Gasteiger partial charge on any atom is -0.510 e. The largest absolute Gasteiger partial charge is 0.510 e. The van der Waals surface area contributed by atoms with E-state index in [0.29, 0.717) is 24.9 Å². The molecule has 1 fully saturated rings. The van der Waals surface area contributed by atoms with E-state index in [2.05, 4.69) is 20.5 Å². The number of nitrogens with one attached hydrogen (secondary N) is 1. The van der Waals surface area contributed by atoms with E-state index in [4.69, 9.17) is 0 Å². The van der Waals surface area contributed by atoms with Gasteiger partial charge in [0.15, 0.2) is 11.5 Å². The van der Waals surface area contributed by atoms with Crippen molar-refractivity contribution < 1.29 is 19.1 Å². The molecule has 1 aromatic heterocycles. The molecule has 2 amide bonds. The van der Waals surface area contributed by atoms with Crippen LogP contribution in [0.1, 0.15) is 19.3 Å². The second kappa shape index (κ2) is 6.23. The average Bonchev–Trinajstić information content (AvgIpc) is 2.79. The number of rotatable bonds is 2. The molecule has 23 heavy (non-hydrogen) atoms. The number of aliphatic hydroxyl groups is 1. The Labute approximate surface area is 131 Å². The van der Waals surface area contributed by atoms with Crippen molar-refractivity contribution in [2.45, 2.75) is 25.4 Å². The van der Waals surface area contributed by atoms with E-state index in [1.165, 1.54) is 6.20 Å². The summed E-state index contributed by atoms with van der Waals surface area (Å²) < 4.78 is 13.9. The van der Waals surface area contributed by atoms with Gasteiger partial charge < -0.3 is 10.4 Å². The number of halogens is 1. The number of pyridine rings is 1. The van der Waals surface area contributed by atoms with Crippen molar-refractivity contribution in [1.82, 2.24) is 4.98 Å². The molecule has 0 aliphatic heterocycles. The number of hydrogen-bond acceptors (Lipinski definition) is 5. The quantitative estimate of drug-likeness (QED) is 0.817. The highest BCUT2D eigenvalue weighted by atomic mass is 19.1. The fourth-order valence-electron chi connectivity index (χ4n) is 3.04. The predicted octanol–water partition coefficient (Wildman–Crippen LogP) is 3.17. The Morgan fingerprint density at radius 3 is 2.96 bits per heavy atom. The van der Waals surface area contributed by atoms with Crippen LogP contribution in [0.15, 0.2) is 46.2 Å². The van der Waals surface area contributed by atoms with Crippen LogP contribution in [-0.2, 0) is 4.79 Å². The Bertz CT molecular complexity index is 689. The van der Waals surface area contributed by atoms with E-state index in [1.54, 1.807) is 18.3 Å². The molecule has 0 saturated heterocycles. The van der Waals surface area contributed by atoms with Crippen LogP contribution in [0.4, 0.5) is 14.9 Å². The molecule has 3 atom stereocenters. The van der Waals surface area contributed by atoms with Gasteiger partial charge in [0.2, 0.25) is 0 Å². The van der Waals surface area contributed by atoms with Gasteiger partial charge in [-0.25, -0.2) is 9.18 Å². The number of aromatic nitrogens is 1. The molecule has 1 heterocycles. The molecule has 0 aromatic carbocycles. The Morgan fingerprint density at radius 1 is 1.43 bits per heavy atom. The zero-order valence-electron chi connectivity index (χ0n) is 12.1. The average molecular weight is 318 g/mol. The molecular weight excluding hydrogens is 303 g/mol.